The minimum absolute atomic E-state index is 0.0324. The van der Waals surface area contributed by atoms with Gasteiger partial charge >= 0.3 is 0 Å². The van der Waals surface area contributed by atoms with E-state index in [-0.39, 0.29) is 5.50 Å². The van der Waals surface area contributed by atoms with E-state index in [1.54, 1.807) is 6.20 Å². The average Bonchev–Trinajstić information content (AvgIpc) is 1.86. The summed E-state index contributed by atoms with van der Waals surface area (Å²) < 4.78 is 0. The molecular weight excluding hydrogens is 97.5 g/mol. The molecule has 1 nitrogen and oxygen atoms in total. The molecule has 2 heteroatoms. The highest BCUT2D eigenvalue weighted by Gasteiger charge is 2.03. The average molecular weight is 103 g/mol. The van der Waals surface area contributed by atoms with Gasteiger partial charge in [-0.25, -0.2) is 0 Å². The summed E-state index contributed by atoms with van der Waals surface area (Å²) in [4.78, 5) is 0. The molecule has 0 N–H and O–H groups in total. The molecule has 1 aliphatic rings. The van der Waals surface area contributed by atoms with Crippen molar-refractivity contribution < 1.29 is 0 Å². The Kier molecular flexibility index (Phi) is 1.01. The number of nitrogens with zero attached hydrogens (tertiary/aromatic N) is 1. The van der Waals surface area contributed by atoms with E-state index in [1.165, 1.54) is 0 Å². The maximum Gasteiger partial charge on any atom is 0.127 e. The van der Waals surface area contributed by atoms with Gasteiger partial charge in [-0.15, -0.1) is 0 Å². The molecule has 0 amide bonds. The van der Waals surface area contributed by atoms with E-state index in [0.717, 1.165) is 6.42 Å². The maximum atomic E-state index is 5.48. The Hall–Kier alpha value is -0.170. The fourth-order valence-electron chi connectivity index (χ4n) is 0.388. The monoisotopic (exact) mass is 102 g/mol. The van der Waals surface area contributed by atoms with Gasteiger partial charge in [0.25, 0.3) is 0 Å². The molecule has 1 unspecified atom stereocenters. The molecule has 1 heterocycles. The molecule has 0 bridgehead atoms. The van der Waals surface area contributed by atoms with Crippen LogP contribution in [0.4, 0.5) is 0 Å². The summed E-state index contributed by atoms with van der Waals surface area (Å²) in [7, 11) is 0. The van der Waals surface area contributed by atoms with Crippen molar-refractivity contribution in [2.75, 3.05) is 0 Å². The molecule has 0 fully saturated rings. The molecule has 0 aromatic rings. The Labute approximate surface area is 42.0 Å². The second-order valence-corrected chi connectivity index (χ2v) is 1.71. The predicted octanol–water partition coefficient (Wildman–Crippen LogP) is 1.07. The first-order chi connectivity index (χ1) is 2.89. The van der Waals surface area contributed by atoms with Crippen molar-refractivity contribution in [3.8, 4) is 0 Å². The molecule has 6 heavy (non-hydrogen) atoms. The van der Waals surface area contributed by atoms with Crippen LogP contribution >= 0.6 is 11.6 Å². The quantitative estimate of drug-likeness (QED) is 0.321. The van der Waals surface area contributed by atoms with Gasteiger partial charge in [0, 0.05) is 12.6 Å². The van der Waals surface area contributed by atoms with Gasteiger partial charge in [-0.2, -0.15) is 0 Å². The Bertz CT molecular complexity index is 61.9. The fourth-order valence-corrected chi connectivity index (χ4v) is 0.556. The molecule has 1 rings (SSSR count). The second-order valence-electron chi connectivity index (χ2n) is 1.20. The summed E-state index contributed by atoms with van der Waals surface area (Å²) in [6.07, 6.45) is 4.61. The standard InChI is InChI=1S/C4H5ClN/c5-4-2-1-3-6-4/h1,3-4H,2H2. The number of rotatable bonds is 0. The van der Waals surface area contributed by atoms with Crippen LogP contribution in [0.15, 0.2) is 12.3 Å². The Morgan fingerprint density at radius 1 is 1.83 bits per heavy atom. The Morgan fingerprint density at radius 3 is 2.83 bits per heavy atom. The van der Waals surface area contributed by atoms with Crippen molar-refractivity contribution in [1.29, 1.82) is 0 Å². The van der Waals surface area contributed by atoms with Crippen molar-refractivity contribution in [1.82, 2.24) is 5.32 Å². The van der Waals surface area contributed by atoms with Crippen LogP contribution in [-0.4, -0.2) is 5.50 Å². The molecule has 0 saturated heterocycles. The molecule has 1 radical (unpaired) electrons. The normalized spacial score (nSPS) is 30.5. The van der Waals surface area contributed by atoms with E-state index in [1.807, 2.05) is 6.08 Å². The molecule has 1 aliphatic heterocycles. The van der Waals surface area contributed by atoms with Crippen LogP contribution in [-0.2, 0) is 0 Å². The highest BCUT2D eigenvalue weighted by Crippen LogP contribution is 2.05. The van der Waals surface area contributed by atoms with E-state index in [2.05, 4.69) is 5.32 Å². The first-order valence-electron chi connectivity index (χ1n) is 1.88. The minimum Gasteiger partial charge on any atom is -0.274 e. The van der Waals surface area contributed by atoms with Crippen LogP contribution in [0.3, 0.4) is 0 Å². The zero-order valence-electron chi connectivity index (χ0n) is 3.26. The zero-order valence-corrected chi connectivity index (χ0v) is 4.02. The van der Waals surface area contributed by atoms with Gasteiger partial charge in [0.15, 0.2) is 0 Å². The third-order valence-corrected chi connectivity index (χ3v) is 0.975. The van der Waals surface area contributed by atoms with Crippen molar-refractivity contribution in [3.63, 3.8) is 0 Å². The van der Waals surface area contributed by atoms with E-state index >= 15 is 0 Å². The summed E-state index contributed by atoms with van der Waals surface area (Å²) in [6.45, 7) is 0. The lowest BCUT2D eigenvalue weighted by molar-refractivity contribution is 0.822. The van der Waals surface area contributed by atoms with Gasteiger partial charge in [-0.05, 0) is 0 Å². The van der Waals surface area contributed by atoms with Crippen molar-refractivity contribution >= 4 is 11.6 Å². The first kappa shape index (κ1) is 4.00. The molecule has 0 aliphatic carbocycles. The number of hydrogen-bond acceptors (Lipinski definition) is 0. The Balaban J connectivity index is 2.32. The van der Waals surface area contributed by atoms with Gasteiger partial charge in [-0.1, -0.05) is 17.7 Å². The van der Waals surface area contributed by atoms with E-state index in [9.17, 15) is 0 Å². The van der Waals surface area contributed by atoms with Crippen LogP contribution in [0.25, 0.3) is 0 Å². The lowest BCUT2D eigenvalue weighted by Gasteiger charge is -1.90. The smallest absolute Gasteiger partial charge is 0.127 e. The van der Waals surface area contributed by atoms with Gasteiger partial charge in [0.2, 0.25) is 0 Å². The predicted molar refractivity (Wildman–Crippen MR) is 25.5 cm³/mol. The molecule has 0 saturated carbocycles. The number of halogens is 1. The highest BCUT2D eigenvalue weighted by molar-refractivity contribution is 6.20. The summed E-state index contributed by atoms with van der Waals surface area (Å²) in [5.41, 5.74) is 0.0324. The lowest BCUT2D eigenvalue weighted by Crippen LogP contribution is -2.00. The zero-order chi connectivity index (χ0) is 4.41. The van der Waals surface area contributed by atoms with Crippen LogP contribution in [0, 0.1) is 0 Å². The number of alkyl halides is 1. The third kappa shape index (κ3) is 0.658. The second kappa shape index (κ2) is 1.52. The molecule has 33 valence electrons. The number of hydrogen-bond donors (Lipinski definition) is 0. The van der Waals surface area contributed by atoms with E-state index in [0.29, 0.717) is 0 Å². The van der Waals surface area contributed by atoms with Crippen LogP contribution < -0.4 is 5.32 Å². The lowest BCUT2D eigenvalue weighted by atomic mass is 10.5. The van der Waals surface area contributed by atoms with Gasteiger partial charge < -0.3 is 0 Å². The van der Waals surface area contributed by atoms with Gasteiger partial charge in [0.05, 0.1) is 0 Å². The van der Waals surface area contributed by atoms with E-state index in [4.69, 9.17) is 11.6 Å². The summed E-state index contributed by atoms with van der Waals surface area (Å²) >= 11 is 5.48. The van der Waals surface area contributed by atoms with Crippen LogP contribution in [0.5, 0.6) is 0 Å². The fraction of sp³-hybridized carbons (Fsp3) is 0.500. The van der Waals surface area contributed by atoms with Crippen LogP contribution in [0.1, 0.15) is 6.42 Å². The molecular formula is C4H5ClN. The third-order valence-electron chi connectivity index (χ3n) is 0.684. The van der Waals surface area contributed by atoms with Gasteiger partial charge in [0.1, 0.15) is 5.50 Å². The molecule has 0 spiro atoms. The summed E-state index contributed by atoms with van der Waals surface area (Å²) in [5, 5.41) is 3.82. The van der Waals surface area contributed by atoms with Crippen molar-refractivity contribution in [2.45, 2.75) is 11.9 Å². The van der Waals surface area contributed by atoms with Crippen LogP contribution in [0.2, 0.25) is 0 Å². The minimum atomic E-state index is 0.0324. The highest BCUT2D eigenvalue weighted by atomic mass is 35.5. The topological polar surface area (TPSA) is 14.1 Å². The molecule has 0 aromatic heterocycles. The largest absolute Gasteiger partial charge is 0.274 e. The molecule has 0 aromatic carbocycles. The SMILES string of the molecule is ClC1CC=C[N]1. The van der Waals surface area contributed by atoms with Gasteiger partial charge in [-0.3, -0.25) is 5.32 Å². The summed E-state index contributed by atoms with van der Waals surface area (Å²) in [6, 6.07) is 0. The van der Waals surface area contributed by atoms with Crippen molar-refractivity contribution in [3.05, 3.63) is 12.3 Å². The molecule has 1 atom stereocenters. The van der Waals surface area contributed by atoms with E-state index < -0.39 is 0 Å². The Morgan fingerprint density at radius 2 is 2.67 bits per heavy atom. The summed E-state index contributed by atoms with van der Waals surface area (Å²) in [5.74, 6) is 0. The first-order valence-corrected chi connectivity index (χ1v) is 2.32. The van der Waals surface area contributed by atoms with Crippen molar-refractivity contribution in [2.24, 2.45) is 0 Å². The maximum absolute atomic E-state index is 5.48.